The van der Waals surface area contributed by atoms with E-state index in [0.29, 0.717) is 34.8 Å². The summed E-state index contributed by atoms with van der Waals surface area (Å²) < 4.78 is 29.5. The maximum Gasteiger partial charge on any atom is 1.00 e. The molecule has 0 aliphatic carbocycles. The summed E-state index contributed by atoms with van der Waals surface area (Å²) in [5, 5.41) is 24.3. The van der Waals surface area contributed by atoms with Gasteiger partial charge in [0.15, 0.2) is 0 Å². The van der Waals surface area contributed by atoms with Crippen molar-refractivity contribution in [1.29, 1.82) is 0 Å². The summed E-state index contributed by atoms with van der Waals surface area (Å²) in [5.41, 5.74) is 1.94. The van der Waals surface area contributed by atoms with E-state index in [-0.39, 0.29) is 126 Å². The third kappa shape index (κ3) is 10.0. The number of thioether (sulfide) groups is 1. The predicted octanol–water partition coefficient (Wildman–Crippen LogP) is -3.56. The molecule has 39 heavy (non-hydrogen) atoms. The molecule has 0 saturated heterocycles. The normalized spacial score (nSPS) is 11.4. The number of aliphatic imine (C=N–C) groups is 1. The SMILES string of the molecule is CCCCc1nc(SC)c(C(=O)[O-])n1Cc1ccc(-c2ccccc2S(=O)(=O)NC([O-])=NCCC)cc1.[K+].[K+]. The summed E-state index contributed by atoms with van der Waals surface area (Å²) >= 11 is 1.27. The summed E-state index contributed by atoms with van der Waals surface area (Å²) in [6.45, 7) is 4.42. The van der Waals surface area contributed by atoms with E-state index in [9.17, 15) is 23.4 Å². The van der Waals surface area contributed by atoms with Crippen LogP contribution in [-0.4, -0.2) is 42.8 Å². The van der Waals surface area contributed by atoms with E-state index in [1.165, 1.54) is 17.8 Å². The zero-order chi connectivity index (χ0) is 27.0. The summed E-state index contributed by atoms with van der Waals surface area (Å²) in [5.74, 6) is -0.585. The number of aromatic carboxylic acids is 1. The van der Waals surface area contributed by atoms with Crippen LogP contribution in [0.15, 0.2) is 63.4 Å². The summed E-state index contributed by atoms with van der Waals surface area (Å²) in [7, 11) is -4.14. The second kappa shape index (κ2) is 17.8. The standard InChI is InChI=1S/C26H32N4O5S2.2K/c1-4-6-11-22-28-24(36-3)23(25(31)32)30(22)17-18-12-14-19(15-13-18)20-9-7-8-10-21(20)37(34,35)29-26(33)27-16-5-2;;/h7-10,12-15H,4-6,11,16-17H2,1-3H3,(H,31,32)(H2,27,29,33);;/q;2*+1/p-2. The van der Waals surface area contributed by atoms with Crippen molar-refractivity contribution >= 4 is 33.8 Å². The van der Waals surface area contributed by atoms with E-state index >= 15 is 0 Å². The van der Waals surface area contributed by atoms with Crippen LogP contribution in [0.2, 0.25) is 0 Å². The van der Waals surface area contributed by atoms with Gasteiger partial charge in [0.25, 0.3) is 10.0 Å². The molecule has 3 rings (SSSR count). The number of imidazole rings is 1. The van der Waals surface area contributed by atoms with Gasteiger partial charge >= 0.3 is 103 Å². The van der Waals surface area contributed by atoms with Crippen LogP contribution in [-0.2, 0) is 23.0 Å². The quantitative estimate of drug-likeness (QED) is 0.0957. The summed E-state index contributed by atoms with van der Waals surface area (Å²) in [6.07, 6.45) is 4.88. The molecule has 13 heteroatoms. The van der Waals surface area contributed by atoms with Gasteiger partial charge < -0.3 is 19.6 Å². The monoisotopic (exact) mass is 620 g/mol. The van der Waals surface area contributed by atoms with Gasteiger partial charge in [0, 0.05) is 25.1 Å². The number of sulfonamides is 1. The third-order valence-corrected chi connectivity index (χ3v) is 7.69. The van der Waals surface area contributed by atoms with Crippen molar-refractivity contribution in [2.45, 2.75) is 56.0 Å². The minimum absolute atomic E-state index is 0. The van der Waals surface area contributed by atoms with Crippen molar-refractivity contribution in [1.82, 2.24) is 14.3 Å². The Labute approximate surface area is 319 Å². The molecule has 0 radical (unpaired) electrons. The molecule has 3 aromatic rings. The molecule has 2 aromatic carbocycles. The number of hydrogen-bond donors (Lipinski definition) is 1. The molecule has 198 valence electrons. The molecule has 1 heterocycles. The van der Waals surface area contributed by atoms with Crippen molar-refractivity contribution in [3.05, 3.63) is 65.6 Å². The Bertz CT molecular complexity index is 1380. The Balaban J connectivity index is 0.00000380. The molecule has 0 aliphatic heterocycles. The number of benzene rings is 2. The first-order chi connectivity index (χ1) is 17.7. The van der Waals surface area contributed by atoms with Crippen LogP contribution in [0.3, 0.4) is 0 Å². The molecule has 1 aromatic heterocycles. The fourth-order valence-electron chi connectivity index (χ4n) is 3.84. The molecule has 9 nitrogen and oxygen atoms in total. The predicted molar refractivity (Wildman–Crippen MR) is 141 cm³/mol. The summed E-state index contributed by atoms with van der Waals surface area (Å²) in [6, 6.07) is 12.7. The molecule has 0 saturated carbocycles. The zero-order valence-electron chi connectivity index (χ0n) is 23.1. The summed E-state index contributed by atoms with van der Waals surface area (Å²) in [4.78, 5) is 20.1. The van der Waals surface area contributed by atoms with Crippen molar-refractivity contribution < 1.29 is 126 Å². The van der Waals surface area contributed by atoms with E-state index in [2.05, 4.69) is 16.9 Å². The van der Waals surface area contributed by atoms with Gasteiger partial charge in [-0.2, -0.15) is 0 Å². The van der Waals surface area contributed by atoms with Gasteiger partial charge in [-0.3, -0.25) is 9.71 Å². The van der Waals surface area contributed by atoms with Gasteiger partial charge in [0.1, 0.15) is 10.9 Å². The Morgan fingerprint density at radius 1 is 1.05 bits per heavy atom. The minimum atomic E-state index is -4.14. The topological polar surface area (TPSA) is 140 Å². The van der Waals surface area contributed by atoms with Gasteiger partial charge in [-0.15, -0.1) is 11.8 Å². The largest absolute Gasteiger partial charge is 1.00 e. The number of amidine groups is 1. The van der Waals surface area contributed by atoms with Gasteiger partial charge in [-0.25, -0.2) is 13.4 Å². The zero-order valence-corrected chi connectivity index (χ0v) is 30.9. The first-order valence-electron chi connectivity index (χ1n) is 12.0. The van der Waals surface area contributed by atoms with Crippen LogP contribution in [0.5, 0.6) is 0 Å². The van der Waals surface area contributed by atoms with Crippen molar-refractivity contribution in [3.8, 4) is 11.1 Å². The number of aryl methyl sites for hydroxylation is 1. The van der Waals surface area contributed by atoms with Crippen LogP contribution < -0.4 is 118 Å². The number of nitrogens with one attached hydrogen (secondary N) is 1. The molecular formula is C26H30K2N4O5S2. The van der Waals surface area contributed by atoms with Gasteiger partial charge in [0.05, 0.1) is 22.6 Å². The number of carbonyl (C=O) groups is 1. The number of nitrogens with zero attached hydrogens (tertiary/aromatic N) is 3. The molecular weight excluding hydrogens is 591 g/mol. The maximum absolute atomic E-state index is 12.9. The van der Waals surface area contributed by atoms with Gasteiger partial charge in [0.2, 0.25) is 0 Å². The minimum Gasteiger partial charge on any atom is -0.846 e. The molecule has 0 bridgehead atoms. The smallest absolute Gasteiger partial charge is 0.846 e. The Morgan fingerprint density at radius 3 is 2.31 bits per heavy atom. The number of carboxylic acid groups (broad SMARTS) is 1. The molecule has 0 unspecified atom stereocenters. The molecule has 0 spiro atoms. The number of carbonyl (C=O) groups excluding carboxylic acids is 1. The van der Waals surface area contributed by atoms with Crippen LogP contribution in [0, 0.1) is 0 Å². The van der Waals surface area contributed by atoms with E-state index in [1.807, 2.05) is 23.8 Å². The number of unbranched alkanes of at least 4 members (excludes halogenated alkanes) is 1. The molecule has 0 atom stereocenters. The maximum atomic E-state index is 12.9. The third-order valence-electron chi connectivity index (χ3n) is 5.64. The van der Waals surface area contributed by atoms with Gasteiger partial charge in [-0.1, -0.05) is 62.7 Å². The number of aromatic nitrogens is 2. The van der Waals surface area contributed by atoms with Crippen LogP contribution >= 0.6 is 11.8 Å². The molecule has 1 N–H and O–H groups in total. The number of rotatable bonds is 12. The molecule has 0 aliphatic rings. The molecule has 0 fully saturated rings. The second-order valence-corrected chi connectivity index (χ2v) is 10.8. The Morgan fingerprint density at radius 2 is 1.72 bits per heavy atom. The van der Waals surface area contributed by atoms with Crippen molar-refractivity contribution in [2.24, 2.45) is 4.99 Å². The van der Waals surface area contributed by atoms with Crippen molar-refractivity contribution in [3.63, 3.8) is 0 Å². The number of carboxylic acids is 1. The second-order valence-electron chi connectivity index (χ2n) is 8.35. The van der Waals surface area contributed by atoms with E-state index in [0.717, 1.165) is 18.4 Å². The number of hydrogen-bond acceptors (Lipinski definition) is 8. The fourth-order valence-corrected chi connectivity index (χ4v) is 5.56. The van der Waals surface area contributed by atoms with Crippen LogP contribution in [0.4, 0.5) is 0 Å². The van der Waals surface area contributed by atoms with Crippen LogP contribution in [0.1, 0.15) is 55.0 Å². The van der Waals surface area contributed by atoms with Crippen LogP contribution in [0.25, 0.3) is 11.1 Å². The Kier molecular flexibility index (Phi) is 16.9. The van der Waals surface area contributed by atoms with E-state index in [4.69, 9.17) is 0 Å². The average molecular weight is 621 g/mol. The van der Waals surface area contributed by atoms with E-state index < -0.39 is 22.0 Å². The average Bonchev–Trinajstić information content (AvgIpc) is 3.23. The first-order valence-corrected chi connectivity index (χ1v) is 14.7. The van der Waals surface area contributed by atoms with Gasteiger partial charge in [-0.05, 0) is 36.3 Å². The van der Waals surface area contributed by atoms with Crippen molar-refractivity contribution in [2.75, 3.05) is 12.8 Å². The fraction of sp³-hybridized carbons (Fsp3) is 0.346. The Hall–Kier alpha value is -0.0373. The molecule has 0 amide bonds. The van der Waals surface area contributed by atoms with E-state index in [1.54, 1.807) is 41.2 Å². The first kappa shape index (κ1) is 37.0.